The van der Waals surface area contributed by atoms with E-state index in [1.54, 1.807) is 7.11 Å². The van der Waals surface area contributed by atoms with Gasteiger partial charge < -0.3 is 19.5 Å². The fourth-order valence-electron chi connectivity index (χ4n) is 2.10. The molecule has 0 aromatic carbocycles. The van der Waals surface area contributed by atoms with E-state index >= 15 is 0 Å². The lowest BCUT2D eigenvalue weighted by Gasteiger charge is -2.26. The molecule has 0 saturated carbocycles. The molecule has 1 aromatic heterocycles. The molecular formula is C13H21N3O3. The first-order valence-electron chi connectivity index (χ1n) is 6.52. The SMILES string of the molecule is CCOc1ncnc(NCC2(OC)CCOC2)c1C. The average Bonchev–Trinajstić information content (AvgIpc) is 2.89. The number of hydrogen-bond donors (Lipinski definition) is 1. The normalized spacial score (nSPS) is 22.5. The van der Waals surface area contributed by atoms with Crippen molar-refractivity contribution in [2.24, 2.45) is 0 Å². The third-order valence-corrected chi connectivity index (χ3v) is 3.40. The van der Waals surface area contributed by atoms with Crippen LogP contribution in [0.3, 0.4) is 0 Å². The van der Waals surface area contributed by atoms with E-state index in [-0.39, 0.29) is 5.60 Å². The molecule has 1 fully saturated rings. The molecular weight excluding hydrogens is 246 g/mol. The van der Waals surface area contributed by atoms with E-state index in [0.29, 0.717) is 25.6 Å². The van der Waals surface area contributed by atoms with E-state index in [1.807, 2.05) is 13.8 Å². The Morgan fingerprint density at radius 2 is 2.32 bits per heavy atom. The van der Waals surface area contributed by atoms with Crippen LogP contribution in [0.15, 0.2) is 6.33 Å². The molecule has 106 valence electrons. The summed E-state index contributed by atoms with van der Waals surface area (Å²) in [6, 6.07) is 0. The largest absolute Gasteiger partial charge is 0.478 e. The summed E-state index contributed by atoms with van der Waals surface area (Å²) >= 11 is 0. The molecule has 0 aliphatic carbocycles. The molecule has 1 atom stereocenters. The highest BCUT2D eigenvalue weighted by Crippen LogP contribution is 2.25. The van der Waals surface area contributed by atoms with Crippen LogP contribution in [-0.2, 0) is 9.47 Å². The molecule has 0 amide bonds. The van der Waals surface area contributed by atoms with Gasteiger partial charge in [-0.15, -0.1) is 0 Å². The number of nitrogens with one attached hydrogen (secondary N) is 1. The summed E-state index contributed by atoms with van der Waals surface area (Å²) in [6.07, 6.45) is 2.39. The molecule has 2 heterocycles. The van der Waals surface area contributed by atoms with Crippen molar-refractivity contribution in [1.29, 1.82) is 0 Å². The van der Waals surface area contributed by atoms with Gasteiger partial charge in [-0.3, -0.25) is 0 Å². The van der Waals surface area contributed by atoms with Crippen molar-refractivity contribution in [3.8, 4) is 5.88 Å². The predicted octanol–water partition coefficient (Wildman–Crippen LogP) is 1.40. The Kier molecular flexibility index (Phi) is 4.55. The van der Waals surface area contributed by atoms with Crippen molar-refractivity contribution in [2.45, 2.75) is 25.9 Å². The maximum absolute atomic E-state index is 5.58. The molecule has 0 radical (unpaired) electrons. The number of rotatable bonds is 6. The first-order chi connectivity index (χ1) is 9.21. The lowest BCUT2D eigenvalue weighted by Crippen LogP contribution is -2.39. The molecule has 0 bridgehead atoms. The number of hydrogen-bond acceptors (Lipinski definition) is 6. The smallest absolute Gasteiger partial charge is 0.221 e. The van der Waals surface area contributed by atoms with Crippen molar-refractivity contribution in [1.82, 2.24) is 9.97 Å². The lowest BCUT2D eigenvalue weighted by molar-refractivity contribution is -0.00626. The summed E-state index contributed by atoms with van der Waals surface area (Å²) < 4.78 is 16.4. The van der Waals surface area contributed by atoms with Crippen molar-refractivity contribution >= 4 is 5.82 Å². The van der Waals surface area contributed by atoms with Crippen LogP contribution in [0.5, 0.6) is 5.88 Å². The van der Waals surface area contributed by atoms with E-state index < -0.39 is 0 Å². The highest BCUT2D eigenvalue weighted by atomic mass is 16.5. The van der Waals surface area contributed by atoms with Crippen LogP contribution in [-0.4, -0.2) is 49.0 Å². The number of ether oxygens (including phenoxy) is 3. The molecule has 1 aromatic rings. The zero-order chi connectivity index (χ0) is 13.7. The minimum atomic E-state index is -0.261. The Hall–Kier alpha value is -1.40. The predicted molar refractivity (Wildman–Crippen MR) is 71.6 cm³/mol. The molecule has 19 heavy (non-hydrogen) atoms. The Bertz CT molecular complexity index is 420. The third-order valence-electron chi connectivity index (χ3n) is 3.40. The standard InChI is InChI=1S/C13H21N3O3/c1-4-19-12-10(2)11(15-9-16-12)14-7-13(17-3)5-6-18-8-13/h9H,4-8H2,1-3H3,(H,14,15,16). The zero-order valence-corrected chi connectivity index (χ0v) is 11.7. The Labute approximate surface area is 113 Å². The first kappa shape index (κ1) is 14.0. The van der Waals surface area contributed by atoms with Gasteiger partial charge in [0.1, 0.15) is 17.7 Å². The fourth-order valence-corrected chi connectivity index (χ4v) is 2.10. The second kappa shape index (κ2) is 6.16. The van der Waals surface area contributed by atoms with Gasteiger partial charge in [0.2, 0.25) is 5.88 Å². The number of anilines is 1. The second-order valence-electron chi connectivity index (χ2n) is 4.63. The summed E-state index contributed by atoms with van der Waals surface area (Å²) in [7, 11) is 1.72. The maximum atomic E-state index is 5.58. The molecule has 1 N–H and O–H groups in total. The van der Waals surface area contributed by atoms with Crippen LogP contribution in [0.25, 0.3) is 0 Å². The maximum Gasteiger partial charge on any atom is 0.221 e. The van der Waals surface area contributed by atoms with Gasteiger partial charge in [0.15, 0.2) is 0 Å². The van der Waals surface area contributed by atoms with Gasteiger partial charge in [0.25, 0.3) is 0 Å². The molecule has 6 heteroatoms. The lowest BCUT2D eigenvalue weighted by atomic mass is 10.0. The van der Waals surface area contributed by atoms with Crippen molar-refractivity contribution in [2.75, 3.05) is 38.8 Å². The van der Waals surface area contributed by atoms with E-state index in [2.05, 4.69) is 15.3 Å². The van der Waals surface area contributed by atoms with Gasteiger partial charge in [0.05, 0.1) is 18.8 Å². The topological polar surface area (TPSA) is 65.5 Å². The van der Waals surface area contributed by atoms with Crippen molar-refractivity contribution < 1.29 is 14.2 Å². The van der Waals surface area contributed by atoms with Crippen LogP contribution in [0.2, 0.25) is 0 Å². The Balaban J connectivity index is 2.04. The minimum absolute atomic E-state index is 0.261. The quantitative estimate of drug-likeness (QED) is 0.840. The van der Waals surface area contributed by atoms with Crippen molar-refractivity contribution in [3.05, 3.63) is 11.9 Å². The van der Waals surface area contributed by atoms with E-state index in [0.717, 1.165) is 24.4 Å². The molecule has 0 spiro atoms. The number of nitrogens with zero attached hydrogens (tertiary/aromatic N) is 2. The van der Waals surface area contributed by atoms with E-state index in [4.69, 9.17) is 14.2 Å². The first-order valence-corrected chi connectivity index (χ1v) is 6.52. The third kappa shape index (κ3) is 3.13. The molecule has 2 rings (SSSR count). The molecule has 1 unspecified atom stereocenters. The van der Waals surface area contributed by atoms with Crippen LogP contribution < -0.4 is 10.1 Å². The monoisotopic (exact) mass is 267 g/mol. The Morgan fingerprint density at radius 1 is 1.47 bits per heavy atom. The summed E-state index contributed by atoms with van der Waals surface area (Å²) in [5, 5.41) is 3.31. The van der Waals surface area contributed by atoms with Gasteiger partial charge >= 0.3 is 0 Å². The summed E-state index contributed by atoms with van der Waals surface area (Å²) in [6.45, 7) is 6.48. The zero-order valence-electron chi connectivity index (χ0n) is 11.7. The average molecular weight is 267 g/mol. The number of methoxy groups -OCH3 is 1. The Morgan fingerprint density at radius 3 is 2.95 bits per heavy atom. The molecule has 1 aliphatic rings. The van der Waals surface area contributed by atoms with Crippen LogP contribution >= 0.6 is 0 Å². The summed E-state index contributed by atoms with van der Waals surface area (Å²) in [5.74, 6) is 1.40. The molecule has 1 saturated heterocycles. The van der Waals surface area contributed by atoms with Crippen molar-refractivity contribution in [3.63, 3.8) is 0 Å². The van der Waals surface area contributed by atoms with Crippen LogP contribution in [0.4, 0.5) is 5.82 Å². The second-order valence-corrected chi connectivity index (χ2v) is 4.63. The molecule has 6 nitrogen and oxygen atoms in total. The van der Waals surface area contributed by atoms with Crippen LogP contribution in [0, 0.1) is 6.92 Å². The summed E-state index contributed by atoms with van der Waals surface area (Å²) in [4.78, 5) is 8.37. The highest BCUT2D eigenvalue weighted by Gasteiger charge is 2.35. The van der Waals surface area contributed by atoms with Gasteiger partial charge in [-0.2, -0.15) is 0 Å². The van der Waals surface area contributed by atoms with E-state index in [1.165, 1.54) is 6.33 Å². The van der Waals surface area contributed by atoms with Gasteiger partial charge in [-0.1, -0.05) is 0 Å². The minimum Gasteiger partial charge on any atom is -0.478 e. The fraction of sp³-hybridized carbons (Fsp3) is 0.692. The van der Waals surface area contributed by atoms with Gasteiger partial charge in [0, 0.05) is 26.7 Å². The summed E-state index contributed by atoms with van der Waals surface area (Å²) in [5.41, 5.74) is 0.651. The number of aromatic nitrogens is 2. The van der Waals surface area contributed by atoms with Gasteiger partial charge in [-0.05, 0) is 13.8 Å². The molecule has 1 aliphatic heterocycles. The van der Waals surface area contributed by atoms with Gasteiger partial charge in [-0.25, -0.2) is 9.97 Å². The van der Waals surface area contributed by atoms with E-state index in [9.17, 15) is 0 Å². The van der Waals surface area contributed by atoms with Crippen LogP contribution in [0.1, 0.15) is 18.9 Å². The highest BCUT2D eigenvalue weighted by molar-refractivity contribution is 5.47.